The van der Waals surface area contributed by atoms with Gasteiger partial charge in [0, 0.05) is 5.75 Å². The van der Waals surface area contributed by atoms with E-state index in [0.717, 1.165) is 31.4 Å². The fourth-order valence-corrected chi connectivity index (χ4v) is 4.19. The molecule has 0 spiro atoms. The van der Waals surface area contributed by atoms with E-state index in [1.165, 1.54) is 11.4 Å². The van der Waals surface area contributed by atoms with Crippen molar-refractivity contribution >= 4 is 53.3 Å². The van der Waals surface area contributed by atoms with Crippen molar-refractivity contribution in [3.63, 3.8) is 0 Å². The zero-order chi connectivity index (χ0) is 10.2. The molecule has 2 nitrogen and oxygen atoms in total. The van der Waals surface area contributed by atoms with E-state index in [1.54, 1.807) is 0 Å². The summed E-state index contributed by atoms with van der Waals surface area (Å²) in [6.07, 6.45) is 4.29. The molecule has 1 unspecified atom stereocenters. The number of hydrogen-bond acceptors (Lipinski definition) is 3. The van der Waals surface area contributed by atoms with Crippen LogP contribution in [-0.2, 0) is 16.3 Å². The van der Waals surface area contributed by atoms with Crippen LogP contribution in [0.1, 0.15) is 39.5 Å². The molecule has 6 heteroatoms. The summed E-state index contributed by atoms with van der Waals surface area (Å²) in [7, 11) is 0. The number of unbranched alkanes of at least 4 members (excludes halogenated alkanes) is 2. The van der Waals surface area contributed by atoms with E-state index in [-0.39, 0.29) is 24.4 Å². The van der Waals surface area contributed by atoms with Gasteiger partial charge in [0.15, 0.2) is 0 Å². The van der Waals surface area contributed by atoms with Crippen molar-refractivity contribution in [1.29, 1.82) is 0 Å². The number of hydrogen-bond donors (Lipinski definition) is 1. The van der Waals surface area contributed by atoms with Crippen molar-refractivity contribution in [2.45, 2.75) is 39.5 Å². The third kappa shape index (κ3) is 11.8. The molecule has 0 aromatic heterocycles. The van der Waals surface area contributed by atoms with Crippen LogP contribution in [0.5, 0.6) is 0 Å². The molecule has 0 amide bonds. The van der Waals surface area contributed by atoms with Gasteiger partial charge in [-0.2, -0.15) is 0 Å². The molecule has 0 bridgehead atoms. The average Bonchev–Trinajstić information content (AvgIpc) is 2.05. The Morgan fingerprint density at radius 3 is 2.36 bits per heavy atom. The summed E-state index contributed by atoms with van der Waals surface area (Å²) < 4.78 is 5.26. The van der Waals surface area contributed by atoms with Crippen LogP contribution in [0.2, 0.25) is 0 Å². The summed E-state index contributed by atoms with van der Waals surface area (Å²) in [5, 5.41) is 0. The Hall–Kier alpha value is 1.74. The minimum absolute atomic E-state index is 0. The first-order chi connectivity index (χ1) is 6.12. The van der Waals surface area contributed by atoms with Crippen molar-refractivity contribution in [1.82, 2.24) is 0 Å². The minimum atomic E-state index is -2.50. The second kappa shape index (κ2) is 11.2. The molecule has 0 radical (unpaired) electrons. The molecule has 0 fully saturated rings. The summed E-state index contributed by atoms with van der Waals surface area (Å²) in [4.78, 5) is 9.63. The normalized spacial score (nSPS) is 14.5. The SMILES string of the molecule is CCCCOP(O)(=S)SCCCC.[SbH3]. The van der Waals surface area contributed by atoms with Crippen LogP contribution in [0.25, 0.3) is 0 Å². The van der Waals surface area contributed by atoms with Crippen LogP contribution in [0.4, 0.5) is 0 Å². The van der Waals surface area contributed by atoms with Crippen LogP contribution in [0.15, 0.2) is 0 Å². The van der Waals surface area contributed by atoms with E-state index in [2.05, 4.69) is 13.8 Å². The molecule has 0 aliphatic heterocycles. The molecule has 0 rings (SSSR count). The molecule has 0 aromatic carbocycles. The molecule has 1 N–H and O–H groups in total. The maximum absolute atomic E-state index is 9.63. The molecule has 88 valence electrons. The molecular formula is C8H22O2PS2Sb. The van der Waals surface area contributed by atoms with E-state index in [4.69, 9.17) is 16.3 Å². The zero-order valence-corrected chi connectivity index (χ0v) is 15.6. The Morgan fingerprint density at radius 1 is 1.29 bits per heavy atom. The first-order valence-corrected chi connectivity index (χ1v) is 9.00. The van der Waals surface area contributed by atoms with Gasteiger partial charge in [-0.05, 0) is 24.6 Å². The fourth-order valence-electron chi connectivity index (χ4n) is 0.686. The standard InChI is InChI=1S/C8H19O2PS2.Sb.3H/c1-3-5-7-10-11(9,12)13-8-6-4-2;;;;/h3-8H2,1-2H3,(H,9,12);;;;. The van der Waals surface area contributed by atoms with Crippen molar-refractivity contribution in [3.8, 4) is 0 Å². The van der Waals surface area contributed by atoms with Crippen LogP contribution in [0.3, 0.4) is 0 Å². The van der Waals surface area contributed by atoms with E-state index in [9.17, 15) is 4.89 Å². The van der Waals surface area contributed by atoms with Gasteiger partial charge in [-0.25, -0.2) is 0 Å². The predicted octanol–water partition coefficient (Wildman–Crippen LogP) is 2.37. The molecule has 1 atom stereocenters. The molecular weight excluding hydrogens is 345 g/mol. The Labute approximate surface area is 114 Å². The molecule has 14 heavy (non-hydrogen) atoms. The van der Waals surface area contributed by atoms with Crippen molar-refractivity contribution in [2.24, 2.45) is 0 Å². The second-order valence-corrected chi connectivity index (χ2v) is 9.14. The Kier molecular flexibility index (Phi) is 14.5. The summed E-state index contributed by atoms with van der Waals surface area (Å²) in [5.74, 6) is 0.913. The quantitative estimate of drug-likeness (QED) is 0.405. The summed E-state index contributed by atoms with van der Waals surface area (Å²) in [5.41, 5.74) is -2.50. The molecule has 0 aromatic rings. The van der Waals surface area contributed by atoms with Gasteiger partial charge < -0.3 is 9.42 Å². The fraction of sp³-hybridized carbons (Fsp3) is 1.00. The zero-order valence-electron chi connectivity index (χ0n) is 9.07. The van der Waals surface area contributed by atoms with E-state index in [1.807, 2.05) is 0 Å². The summed E-state index contributed by atoms with van der Waals surface area (Å²) >= 11 is 6.39. The van der Waals surface area contributed by atoms with Crippen LogP contribution < -0.4 is 0 Å². The van der Waals surface area contributed by atoms with Gasteiger partial charge >= 0.3 is 24.4 Å². The summed E-state index contributed by atoms with van der Waals surface area (Å²) in [6, 6.07) is 0. The van der Waals surface area contributed by atoms with Gasteiger partial charge in [-0.15, -0.1) is 0 Å². The van der Waals surface area contributed by atoms with Gasteiger partial charge in [-0.3, -0.25) is 0 Å². The van der Waals surface area contributed by atoms with Crippen molar-refractivity contribution in [3.05, 3.63) is 0 Å². The summed E-state index contributed by atoms with van der Waals surface area (Å²) in [6.45, 7) is 4.82. The van der Waals surface area contributed by atoms with Gasteiger partial charge in [0.05, 0.1) is 6.61 Å². The second-order valence-electron chi connectivity index (χ2n) is 2.84. The van der Waals surface area contributed by atoms with E-state index < -0.39 is 5.69 Å². The Balaban J connectivity index is 0. The first kappa shape index (κ1) is 18.1. The maximum atomic E-state index is 9.63. The Bertz CT molecular complexity index is 155. The molecule has 0 saturated carbocycles. The van der Waals surface area contributed by atoms with Gasteiger partial charge in [0.2, 0.25) is 5.69 Å². The van der Waals surface area contributed by atoms with Gasteiger partial charge in [0.25, 0.3) is 0 Å². The Morgan fingerprint density at radius 2 is 1.86 bits per heavy atom. The molecule has 0 aliphatic rings. The van der Waals surface area contributed by atoms with E-state index in [0.29, 0.717) is 6.61 Å². The molecule has 0 aliphatic carbocycles. The van der Waals surface area contributed by atoms with Crippen molar-refractivity contribution in [2.75, 3.05) is 12.4 Å². The topological polar surface area (TPSA) is 29.5 Å². The van der Waals surface area contributed by atoms with Gasteiger partial charge in [0.1, 0.15) is 0 Å². The third-order valence-electron chi connectivity index (χ3n) is 1.50. The molecule has 0 saturated heterocycles. The van der Waals surface area contributed by atoms with Gasteiger partial charge in [-0.1, -0.05) is 38.1 Å². The number of rotatable bonds is 8. The van der Waals surface area contributed by atoms with Crippen molar-refractivity contribution < 1.29 is 9.42 Å². The van der Waals surface area contributed by atoms with E-state index >= 15 is 0 Å². The van der Waals surface area contributed by atoms with Crippen LogP contribution >= 0.6 is 17.1 Å². The predicted molar refractivity (Wildman–Crippen MR) is 74.7 cm³/mol. The third-order valence-corrected chi connectivity index (χ3v) is 5.92. The first-order valence-electron chi connectivity index (χ1n) is 4.74. The average molecular weight is 367 g/mol. The molecule has 0 heterocycles. The monoisotopic (exact) mass is 366 g/mol. The van der Waals surface area contributed by atoms with Crippen LogP contribution in [0, 0.1) is 0 Å². The van der Waals surface area contributed by atoms with Crippen LogP contribution in [-0.4, -0.2) is 41.7 Å².